The Hall–Kier alpha value is -3.27. The number of hydrogen-bond donors (Lipinski definition) is 2. The number of ether oxygens (including phenoxy) is 2. The van der Waals surface area contributed by atoms with Crippen molar-refractivity contribution in [3.05, 3.63) is 47.8 Å². The molecule has 10 heteroatoms. The van der Waals surface area contributed by atoms with E-state index in [-0.39, 0.29) is 17.1 Å². The molecule has 0 spiro atoms. The molecule has 1 aromatic heterocycles. The van der Waals surface area contributed by atoms with E-state index in [4.69, 9.17) is 15.2 Å². The first kappa shape index (κ1) is 21.4. The van der Waals surface area contributed by atoms with Crippen molar-refractivity contribution in [3.63, 3.8) is 0 Å². The van der Waals surface area contributed by atoms with Crippen LogP contribution >= 0.6 is 0 Å². The zero-order chi connectivity index (χ0) is 22.2. The average molecular weight is 420 g/mol. The monoisotopic (exact) mass is 420 g/mol. The summed E-state index contributed by atoms with van der Waals surface area (Å²) >= 11 is 0. The number of rotatable bonds is 5. The Morgan fingerprint density at radius 1 is 1.30 bits per heavy atom. The molecule has 1 fully saturated rings. The van der Waals surface area contributed by atoms with Gasteiger partial charge in [-0.15, -0.1) is 0 Å². The number of halogens is 2. The van der Waals surface area contributed by atoms with Crippen molar-refractivity contribution in [2.24, 2.45) is 5.73 Å². The van der Waals surface area contributed by atoms with Gasteiger partial charge < -0.3 is 25.4 Å². The van der Waals surface area contributed by atoms with Gasteiger partial charge in [0.15, 0.2) is 11.6 Å². The second kappa shape index (κ2) is 7.86. The van der Waals surface area contributed by atoms with E-state index in [2.05, 4.69) is 10.3 Å². The molecule has 0 radical (unpaired) electrons. The highest BCUT2D eigenvalue weighted by atomic mass is 19.2. The van der Waals surface area contributed by atoms with E-state index in [1.54, 1.807) is 20.8 Å². The van der Waals surface area contributed by atoms with Crippen molar-refractivity contribution in [3.8, 4) is 5.75 Å². The van der Waals surface area contributed by atoms with Gasteiger partial charge in [-0.1, -0.05) is 0 Å². The van der Waals surface area contributed by atoms with Crippen molar-refractivity contribution in [1.29, 1.82) is 0 Å². The zero-order valence-electron chi connectivity index (χ0n) is 16.9. The van der Waals surface area contributed by atoms with Gasteiger partial charge in [-0.25, -0.2) is 4.39 Å². The quantitative estimate of drug-likeness (QED) is 0.770. The number of hydrogen-bond acceptors (Lipinski definition) is 6. The lowest BCUT2D eigenvalue weighted by Gasteiger charge is -2.36. The van der Waals surface area contributed by atoms with Crippen LogP contribution in [0.1, 0.15) is 31.3 Å². The van der Waals surface area contributed by atoms with Gasteiger partial charge in [0.1, 0.15) is 17.5 Å². The summed E-state index contributed by atoms with van der Waals surface area (Å²) in [5, 5.41) is 2.69. The average Bonchev–Trinajstić information content (AvgIpc) is 2.92. The number of aromatic nitrogens is 1. The summed E-state index contributed by atoms with van der Waals surface area (Å²) in [7, 11) is 1.21. The summed E-state index contributed by atoms with van der Waals surface area (Å²) in [4.78, 5) is 29.9. The number of carbonyl (C=O) groups is 2. The fourth-order valence-electron chi connectivity index (χ4n) is 3.66. The molecule has 1 aliphatic heterocycles. The topological polar surface area (TPSA) is 107 Å². The van der Waals surface area contributed by atoms with Crippen molar-refractivity contribution in [1.82, 2.24) is 4.98 Å². The maximum atomic E-state index is 14.3. The lowest BCUT2D eigenvalue weighted by molar-refractivity contribution is -0.118. The Morgan fingerprint density at radius 3 is 2.63 bits per heavy atom. The van der Waals surface area contributed by atoms with Gasteiger partial charge in [-0.2, -0.15) is 4.39 Å². The van der Waals surface area contributed by atoms with Crippen LogP contribution in [0, 0.1) is 11.6 Å². The molecule has 2 amide bonds. The van der Waals surface area contributed by atoms with Gasteiger partial charge >= 0.3 is 0 Å². The Labute approximate surface area is 172 Å². The van der Waals surface area contributed by atoms with Crippen LogP contribution in [0.25, 0.3) is 0 Å². The van der Waals surface area contributed by atoms with Gasteiger partial charge in [0, 0.05) is 11.9 Å². The summed E-state index contributed by atoms with van der Waals surface area (Å²) < 4.78 is 39.1. The van der Waals surface area contributed by atoms with E-state index in [1.807, 2.05) is 0 Å². The first-order chi connectivity index (χ1) is 14.1. The van der Waals surface area contributed by atoms with Crippen LogP contribution in [-0.2, 0) is 9.53 Å². The minimum absolute atomic E-state index is 0.0111. The number of nitrogens with one attached hydrogen (secondary N) is 1. The summed E-state index contributed by atoms with van der Waals surface area (Å²) in [5.41, 5.74) is 4.65. The molecule has 160 valence electrons. The molecule has 1 aliphatic rings. The van der Waals surface area contributed by atoms with Gasteiger partial charge in [-0.05, 0) is 45.0 Å². The number of nitrogens with two attached hydrogens (primary N) is 1. The van der Waals surface area contributed by atoms with E-state index >= 15 is 0 Å². The summed E-state index contributed by atoms with van der Waals surface area (Å²) in [6.07, 6.45) is 0.736. The fraction of sp³-hybridized carbons (Fsp3) is 0.350. The number of carbonyl (C=O) groups excluding carboxylic acids is 2. The lowest BCUT2D eigenvalue weighted by atomic mass is 10.1. The molecule has 2 atom stereocenters. The highest BCUT2D eigenvalue weighted by molar-refractivity contribution is 5.99. The third kappa shape index (κ3) is 3.78. The van der Waals surface area contributed by atoms with Gasteiger partial charge in [-0.3, -0.25) is 14.6 Å². The molecule has 0 bridgehead atoms. The normalized spacial score (nSPS) is 20.1. The molecule has 3 N–H and O–H groups in total. The smallest absolute Gasteiger partial charge is 0.267 e. The molecular formula is C20H22F2N4O4. The van der Waals surface area contributed by atoms with E-state index in [0.29, 0.717) is 5.69 Å². The Bertz CT molecular complexity index is 999. The largest absolute Gasteiger partial charge is 0.491 e. The second-order valence-electron chi connectivity index (χ2n) is 7.28. The zero-order valence-corrected chi connectivity index (χ0v) is 16.9. The molecule has 8 nitrogen and oxygen atoms in total. The predicted octanol–water partition coefficient (Wildman–Crippen LogP) is 2.44. The van der Waals surface area contributed by atoms with E-state index < -0.39 is 41.3 Å². The molecule has 2 unspecified atom stereocenters. The molecular weight excluding hydrogens is 398 g/mol. The molecule has 2 aromatic rings. The van der Waals surface area contributed by atoms with Crippen molar-refractivity contribution >= 4 is 23.2 Å². The van der Waals surface area contributed by atoms with Crippen molar-refractivity contribution in [2.75, 3.05) is 17.3 Å². The molecule has 0 aliphatic carbocycles. The van der Waals surface area contributed by atoms with Crippen LogP contribution in [0.4, 0.5) is 20.2 Å². The number of primary amides is 1. The van der Waals surface area contributed by atoms with Crippen molar-refractivity contribution < 1.29 is 27.8 Å². The van der Waals surface area contributed by atoms with E-state index in [0.717, 1.165) is 6.07 Å². The maximum Gasteiger partial charge on any atom is 0.267 e. The van der Waals surface area contributed by atoms with Crippen LogP contribution in [0.5, 0.6) is 5.75 Å². The summed E-state index contributed by atoms with van der Waals surface area (Å²) in [6, 6.07) is 4.22. The fourth-order valence-corrected chi connectivity index (χ4v) is 3.66. The molecule has 30 heavy (non-hydrogen) atoms. The third-order valence-electron chi connectivity index (χ3n) is 4.82. The van der Waals surface area contributed by atoms with Crippen LogP contribution in [0.3, 0.4) is 0 Å². The number of benzene rings is 1. The standard InChI is InChI=1S/C20H22F2N4O4/c1-10-16(19(28)25-11-7-8-24-13(9-11)18(23)27)26(20(2,3)30-10)14-6-5-12(21)15(22)17(14)29-4/h5-10,16H,1-4H3,(H2,23,27)(H,24,25,28). The number of anilines is 2. The SMILES string of the molecule is COc1c(N2C(C(=O)Nc3ccnc(C(N)=O)c3)C(C)OC2(C)C)ccc(F)c1F. The first-order valence-electron chi connectivity index (χ1n) is 9.12. The highest BCUT2D eigenvalue weighted by Gasteiger charge is 2.50. The Morgan fingerprint density at radius 2 is 2.00 bits per heavy atom. The minimum atomic E-state index is -1.16. The van der Waals surface area contributed by atoms with Crippen LogP contribution < -0.4 is 20.7 Å². The Balaban J connectivity index is 2.00. The summed E-state index contributed by atoms with van der Waals surface area (Å²) in [5.74, 6) is -3.79. The number of nitrogens with zero attached hydrogens (tertiary/aromatic N) is 2. The van der Waals surface area contributed by atoms with Crippen LogP contribution in [-0.4, -0.2) is 41.8 Å². The maximum absolute atomic E-state index is 14.3. The molecule has 3 rings (SSSR count). The second-order valence-corrected chi connectivity index (χ2v) is 7.28. The number of methoxy groups -OCH3 is 1. The highest BCUT2D eigenvalue weighted by Crippen LogP contribution is 2.43. The van der Waals surface area contributed by atoms with Crippen LogP contribution in [0.2, 0.25) is 0 Å². The summed E-state index contributed by atoms with van der Waals surface area (Å²) in [6.45, 7) is 5.10. The number of pyridine rings is 1. The van der Waals surface area contributed by atoms with Crippen molar-refractivity contribution in [2.45, 2.75) is 38.6 Å². The Kier molecular flexibility index (Phi) is 5.62. The predicted molar refractivity (Wildman–Crippen MR) is 105 cm³/mol. The molecule has 2 heterocycles. The number of amides is 2. The molecule has 0 saturated carbocycles. The minimum Gasteiger partial charge on any atom is -0.491 e. The third-order valence-corrected chi connectivity index (χ3v) is 4.82. The molecule has 1 saturated heterocycles. The lowest BCUT2D eigenvalue weighted by Crippen LogP contribution is -2.50. The first-order valence-corrected chi connectivity index (χ1v) is 9.12. The van der Waals surface area contributed by atoms with Gasteiger partial charge in [0.2, 0.25) is 11.7 Å². The molecule has 1 aromatic carbocycles. The van der Waals surface area contributed by atoms with Gasteiger partial charge in [0.05, 0.1) is 18.9 Å². The van der Waals surface area contributed by atoms with E-state index in [1.165, 1.54) is 36.4 Å². The van der Waals surface area contributed by atoms with E-state index in [9.17, 15) is 18.4 Å². The van der Waals surface area contributed by atoms with Crippen LogP contribution in [0.15, 0.2) is 30.5 Å². The van der Waals surface area contributed by atoms with Gasteiger partial charge in [0.25, 0.3) is 5.91 Å².